The second-order valence-electron chi connectivity index (χ2n) is 4.79. The molecule has 2 aromatic rings. The quantitative estimate of drug-likeness (QED) is 0.728. The number of benzene rings is 2. The molecule has 0 fully saturated rings. The third kappa shape index (κ3) is 4.91. The normalized spacial score (nSPS) is 10.7. The minimum absolute atomic E-state index is 0.298. The van der Waals surface area contributed by atoms with Crippen LogP contribution >= 0.6 is 23.2 Å². The van der Waals surface area contributed by atoms with Crippen LogP contribution in [0.25, 0.3) is 6.08 Å². The summed E-state index contributed by atoms with van der Waals surface area (Å²) in [5.74, 6) is 0.975. The predicted octanol–water partition coefficient (Wildman–Crippen LogP) is 5.05. The van der Waals surface area contributed by atoms with Gasteiger partial charge in [-0.1, -0.05) is 29.3 Å². The van der Waals surface area contributed by atoms with Crippen LogP contribution < -0.4 is 14.8 Å². The van der Waals surface area contributed by atoms with E-state index in [0.29, 0.717) is 33.8 Å². The molecule has 6 heteroatoms. The lowest BCUT2D eigenvalue weighted by molar-refractivity contribution is -0.111. The van der Waals surface area contributed by atoms with Gasteiger partial charge in [-0.15, -0.1) is 0 Å². The molecule has 0 unspecified atom stereocenters. The van der Waals surface area contributed by atoms with E-state index in [1.807, 2.05) is 13.0 Å². The molecule has 1 N–H and O–H groups in total. The van der Waals surface area contributed by atoms with Crippen LogP contribution in [0.3, 0.4) is 0 Å². The number of amides is 1. The van der Waals surface area contributed by atoms with Crippen molar-refractivity contribution in [1.82, 2.24) is 0 Å². The Morgan fingerprint density at radius 2 is 1.96 bits per heavy atom. The van der Waals surface area contributed by atoms with Gasteiger partial charge in [-0.2, -0.15) is 0 Å². The van der Waals surface area contributed by atoms with E-state index in [1.165, 1.54) is 6.08 Å². The van der Waals surface area contributed by atoms with Crippen molar-refractivity contribution in [3.8, 4) is 11.5 Å². The first-order valence-electron chi connectivity index (χ1n) is 7.28. The monoisotopic (exact) mass is 365 g/mol. The fraction of sp³-hybridized carbons (Fsp3) is 0.167. The number of carbonyl (C=O) groups is 1. The van der Waals surface area contributed by atoms with E-state index >= 15 is 0 Å². The first kappa shape index (κ1) is 18.2. The van der Waals surface area contributed by atoms with E-state index in [4.69, 9.17) is 32.7 Å². The van der Waals surface area contributed by atoms with Gasteiger partial charge in [0, 0.05) is 11.1 Å². The van der Waals surface area contributed by atoms with Crippen LogP contribution in [-0.4, -0.2) is 19.6 Å². The molecule has 0 radical (unpaired) electrons. The fourth-order valence-corrected chi connectivity index (χ4v) is 2.46. The Morgan fingerprint density at radius 1 is 1.17 bits per heavy atom. The maximum Gasteiger partial charge on any atom is 0.248 e. The zero-order chi connectivity index (χ0) is 17.5. The molecule has 1 amide bonds. The molecule has 126 valence electrons. The molecule has 0 aliphatic carbocycles. The number of ether oxygens (including phenoxy) is 2. The van der Waals surface area contributed by atoms with Crippen molar-refractivity contribution >= 4 is 40.9 Å². The van der Waals surface area contributed by atoms with Crippen molar-refractivity contribution in [2.75, 3.05) is 19.0 Å². The Hall–Kier alpha value is -2.17. The van der Waals surface area contributed by atoms with E-state index in [9.17, 15) is 4.79 Å². The van der Waals surface area contributed by atoms with Gasteiger partial charge in [0.1, 0.15) is 0 Å². The zero-order valence-corrected chi connectivity index (χ0v) is 14.8. The Labute approximate surface area is 151 Å². The molecule has 0 atom stereocenters. The fourth-order valence-electron chi connectivity index (χ4n) is 2.00. The SMILES string of the molecule is CCOc1cc(/C=C/C(=O)Nc2ccc(Cl)cc2Cl)ccc1OC. The molecule has 4 nitrogen and oxygen atoms in total. The van der Waals surface area contributed by atoms with Gasteiger partial charge < -0.3 is 14.8 Å². The minimum Gasteiger partial charge on any atom is -0.493 e. The summed E-state index contributed by atoms with van der Waals surface area (Å²) in [6, 6.07) is 10.3. The van der Waals surface area contributed by atoms with Gasteiger partial charge in [0.15, 0.2) is 11.5 Å². The largest absolute Gasteiger partial charge is 0.493 e. The first-order chi connectivity index (χ1) is 11.5. The maximum atomic E-state index is 12.0. The molecule has 0 aromatic heterocycles. The number of hydrogen-bond donors (Lipinski definition) is 1. The third-order valence-corrected chi connectivity index (χ3v) is 3.65. The summed E-state index contributed by atoms with van der Waals surface area (Å²) in [4.78, 5) is 12.0. The zero-order valence-electron chi connectivity index (χ0n) is 13.3. The molecule has 2 rings (SSSR count). The lowest BCUT2D eigenvalue weighted by atomic mass is 10.2. The molecule has 0 aliphatic heterocycles. The van der Waals surface area contributed by atoms with Gasteiger partial charge in [0.05, 0.1) is 24.4 Å². The van der Waals surface area contributed by atoms with Gasteiger partial charge in [-0.05, 0) is 48.9 Å². The number of anilines is 1. The van der Waals surface area contributed by atoms with Crippen LogP contribution in [0.15, 0.2) is 42.5 Å². The van der Waals surface area contributed by atoms with E-state index < -0.39 is 0 Å². The number of nitrogens with one attached hydrogen (secondary N) is 1. The Kier molecular flexibility index (Phi) is 6.53. The van der Waals surface area contributed by atoms with Crippen molar-refractivity contribution in [2.24, 2.45) is 0 Å². The standard InChI is InChI=1S/C18H17Cl2NO3/c1-3-24-17-10-12(4-8-16(17)23-2)5-9-18(22)21-15-7-6-13(19)11-14(15)20/h4-11H,3H2,1-2H3,(H,21,22)/b9-5+. The molecule has 0 bridgehead atoms. The molecule has 0 saturated heterocycles. The Morgan fingerprint density at radius 3 is 2.62 bits per heavy atom. The van der Waals surface area contributed by atoms with E-state index in [-0.39, 0.29) is 5.91 Å². The summed E-state index contributed by atoms with van der Waals surface area (Å²) >= 11 is 11.9. The van der Waals surface area contributed by atoms with Gasteiger partial charge in [-0.25, -0.2) is 0 Å². The van der Waals surface area contributed by atoms with Crippen molar-refractivity contribution in [3.63, 3.8) is 0 Å². The number of carbonyl (C=O) groups excluding carboxylic acids is 1. The van der Waals surface area contributed by atoms with Gasteiger partial charge in [-0.3, -0.25) is 4.79 Å². The van der Waals surface area contributed by atoms with Crippen LogP contribution in [-0.2, 0) is 4.79 Å². The molecule has 0 spiro atoms. The number of halogens is 2. The summed E-state index contributed by atoms with van der Waals surface area (Å²) in [6.45, 7) is 2.42. The molecule has 0 aliphatic rings. The van der Waals surface area contributed by atoms with E-state index in [0.717, 1.165) is 5.56 Å². The van der Waals surface area contributed by atoms with Crippen molar-refractivity contribution in [1.29, 1.82) is 0 Å². The van der Waals surface area contributed by atoms with Crippen molar-refractivity contribution in [2.45, 2.75) is 6.92 Å². The first-order valence-corrected chi connectivity index (χ1v) is 8.04. The second kappa shape index (κ2) is 8.62. The Balaban J connectivity index is 2.09. The molecular formula is C18H17Cl2NO3. The summed E-state index contributed by atoms with van der Waals surface area (Å²) in [7, 11) is 1.58. The number of hydrogen-bond acceptors (Lipinski definition) is 3. The van der Waals surface area contributed by atoms with Crippen LogP contribution in [0.2, 0.25) is 10.0 Å². The molecule has 0 heterocycles. The van der Waals surface area contributed by atoms with Gasteiger partial charge >= 0.3 is 0 Å². The van der Waals surface area contributed by atoms with Gasteiger partial charge in [0.2, 0.25) is 5.91 Å². The Bertz CT molecular complexity index is 760. The molecule has 2 aromatic carbocycles. The summed E-state index contributed by atoms with van der Waals surface area (Å²) in [5, 5.41) is 3.59. The lowest BCUT2D eigenvalue weighted by Crippen LogP contribution is -2.08. The van der Waals surface area contributed by atoms with Crippen LogP contribution in [0.1, 0.15) is 12.5 Å². The van der Waals surface area contributed by atoms with Crippen LogP contribution in [0.5, 0.6) is 11.5 Å². The summed E-state index contributed by atoms with van der Waals surface area (Å²) < 4.78 is 10.7. The highest BCUT2D eigenvalue weighted by atomic mass is 35.5. The highest BCUT2D eigenvalue weighted by Crippen LogP contribution is 2.29. The highest BCUT2D eigenvalue weighted by Gasteiger charge is 2.06. The number of rotatable bonds is 6. The molecule has 24 heavy (non-hydrogen) atoms. The second-order valence-corrected chi connectivity index (χ2v) is 5.63. The molecule has 0 saturated carbocycles. The average molecular weight is 366 g/mol. The van der Waals surface area contributed by atoms with Crippen LogP contribution in [0.4, 0.5) is 5.69 Å². The number of methoxy groups -OCH3 is 1. The maximum absolute atomic E-state index is 12.0. The molecular weight excluding hydrogens is 349 g/mol. The van der Waals surface area contributed by atoms with E-state index in [1.54, 1.807) is 43.5 Å². The highest BCUT2D eigenvalue weighted by molar-refractivity contribution is 6.36. The average Bonchev–Trinajstić information content (AvgIpc) is 2.56. The van der Waals surface area contributed by atoms with Crippen molar-refractivity contribution in [3.05, 3.63) is 58.1 Å². The summed E-state index contributed by atoms with van der Waals surface area (Å²) in [6.07, 6.45) is 3.10. The van der Waals surface area contributed by atoms with Crippen molar-refractivity contribution < 1.29 is 14.3 Å². The van der Waals surface area contributed by atoms with E-state index in [2.05, 4.69) is 5.32 Å². The smallest absolute Gasteiger partial charge is 0.248 e. The van der Waals surface area contributed by atoms with Gasteiger partial charge in [0.25, 0.3) is 0 Å². The topological polar surface area (TPSA) is 47.6 Å². The minimum atomic E-state index is -0.298. The summed E-state index contributed by atoms with van der Waals surface area (Å²) in [5.41, 5.74) is 1.32. The predicted molar refractivity (Wildman–Crippen MR) is 98.3 cm³/mol. The third-order valence-electron chi connectivity index (χ3n) is 3.10. The lowest BCUT2D eigenvalue weighted by Gasteiger charge is -2.09. The van der Waals surface area contributed by atoms with Crippen LogP contribution in [0, 0.1) is 0 Å².